The summed E-state index contributed by atoms with van der Waals surface area (Å²) in [7, 11) is 0. The van der Waals surface area contributed by atoms with Gasteiger partial charge in [0.25, 0.3) is 11.7 Å². The Labute approximate surface area is 172 Å². The van der Waals surface area contributed by atoms with Gasteiger partial charge in [0.1, 0.15) is 5.76 Å². The number of hydrogen-bond acceptors (Lipinski definition) is 4. The van der Waals surface area contributed by atoms with E-state index in [2.05, 4.69) is 18.7 Å². The molecule has 1 amide bonds. The fourth-order valence-corrected chi connectivity index (χ4v) is 3.75. The van der Waals surface area contributed by atoms with Gasteiger partial charge in [0, 0.05) is 18.7 Å². The molecule has 0 radical (unpaired) electrons. The second-order valence-electron chi connectivity index (χ2n) is 7.30. The van der Waals surface area contributed by atoms with E-state index in [-0.39, 0.29) is 11.3 Å². The molecule has 29 heavy (non-hydrogen) atoms. The summed E-state index contributed by atoms with van der Waals surface area (Å²) in [5.74, 6) is -1.31. The number of rotatable bonds is 7. The molecule has 0 spiro atoms. The average Bonchev–Trinajstić information content (AvgIpc) is 3.00. The Balaban J connectivity index is 2.06. The van der Waals surface area contributed by atoms with E-state index in [0.717, 1.165) is 24.2 Å². The summed E-state index contributed by atoms with van der Waals surface area (Å²) in [4.78, 5) is 29.6. The van der Waals surface area contributed by atoms with Gasteiger partial charge in [-0.05, 0) is 25.6 Å². The Morgan fingerprint density at radius 3 is 2.21 bits per heavy atom. The largest absolute Gasteiger partial charge is 0.507 e. The van der Waals surface area contributed by atoms with Crippen LogP contribution in [0.2, 0.25) is 0 Å². The topological polar surface area (TPSA) is 60.9 Å². The highest BCUT2D eigenvalue weighted by molar-refractivity contribution is 6.46. The van der Waals surface area contributed by atoms with Crippen LogP contribution in [-0.4, -0.2) is 52.8 Å². The van der Waals surface area contributed by atoms with Crippen LogP contribution in [-0.2, 0) is 9.59 Å². The number of carbonyl (C=O) groups is 2. The Morgan fingerprint density at radius 1 is 1.00 bits per heavy atom. The van der Waals surface area contributed by atoms with Gasteiger partial charge in [-0.15, -0.1) is 0 Å². The molecule has 5 nitrogen and oxygen atoms in total. The summed E-state index contributed by atoms with van der Waals surface area (Å²) >= 11 is 0. The van der Waals surface area contributed by atoms with Crippen LogP contribution >= 0.6 is 0 Å². The Hall–Kier alpha value is -2.92. The van der Waals surface area contributed by atoms with Gasteiger partial charge in [0.2, 0.25) is 0 Å². The zero-order chi connectivity index (χ0) is 21.0. The van der Waals surface area contributed by atoms with Crippen molar-refractivity contribution in [1.82, 2.24) is 9.80 Å². The minimum absolute atomic E-state index is 0.123. The van der Waals surface area contributed by atoms with Gasteiger partial charge in [-0.25, -0.2) is 0 Å². The molecular weight excluding hydrogens is 364 g/mol. The van der Waals surface area contributed by atoms with E-state index in [9.17, 15) is 14.7 Å². The molecule has 0 unspecified atom stereocenters. The van der Waals surface area contributed by atoms with Crippen LogP contribution in [0.15, 0.2) is 60.2 Å². The molecule has 1 N–H and O–H groups in total. The first-order valence-corrected chi connectivity index (χ1v) is 10.1. The van der Waals surface area contributed by atoms with Crippen LogP contribution in [0.5, 0.6) is 0 Å². The number of ketones is 1. The molecule has 1 aliphatic heterocycles. The zero-order valence-electron chi connectivity index (χ0n) is 17.3. The van der Waals surface area contributed by atoms with E-state index >= 15 is 0 Å². The number of amides is 1. The SMILES string of the molecule is CCN(CC)CCN1C(=O)C(=O)C(=C(O)c2ccc(C)cc2)[C@@H]1c1ccccc1. The van der Waals surface area contributed by atoms with E-state index in [1.807, 2.05) is 49.4 Å². The third kappa shape index (κ3) is 4.25. The van der Waals surface area contributed by atoms with Gasteiger partial charge in [-0.2, -0.15) is 0 Å². The standard InChI is InChI=1S/C24H28N2O3/c1-4-25(5-2)15-16-26-21(18-9-7-6-8-10-18)20(23(28)24(26)29)22(27)19-13-11-17(3)12-14-19/h6-14,21,27H,4-5,15-16H2,1-3H3/t21-/m0/s1. The zero-order valence-corrected chi connectivity index (χ0v) is 17.3. The van der Waals surface area contributed by atoms with Crippen molar-refractivity contribution >= 4 is 17.4 Å². The normalized spacial score (nSPS) is 18.6. The van der Waals surface area contributed by atoms with E-state index in [0.29, 0.717) is 18.7 Å². The van der Waals surface area contributed by atoms with E-state index < -0.39 is 17.7 Å². The highest BCUT2D eigenvalue weighted by Gasteiger charge is 2.45. The Morgan fingerprint density at radius 2 is 1.62 bits per heavy atom. The quantitative estimate of drug-likeness (QED) is 0.443. The van der Waals surface area contributed by atoms with Crippen LogP contribution < -0.4 is 0 Å². The molecule has 0 aromatic heterocycles. The lowest BCUT2D eigenvalue weighted by atomic mass is 9.95. The molecule has 152 valence electrons. The monoisotopic (exact) mass is 392 g/mol. The third-order valence-corrected chi connectivity index (χ3v) is 5.53. The number of aliphatic hydroxyl groups is 1. The summed E-state index contributed by atoms with van der Waals surface area (Å²) in [6.07, 6.45) is 0. The van der Waals surface area contributed by atoms with Crippen LogP contribution in [0.1, 0.15) is 36.6 Å². The Kier molecular flexibility index (Phi) is 6.49. The number of carbonyl (C=O) groups excluding carboxylic acids is 2. The van der Waals surface area contributed by atoms with Crippen molar-refractivity contribution in [3.63, 3.8) is 0 Å². The summed E-state index contributed by atoms with van der Waals surface area (Å²) in [6, 6.07) is 16.2. The maximum absolute atomic E-state index is 12.9. The molecule has 0 bridgehead atoms. The molecule has 1 atom stereocenters. The van der Waals surface area contributed by atoms with E-state index in [4.69, 9.17) is 0 Å². The molecule has 1 heterocycles. The predicted octanol–water partition coefficient (Wildman–Crippen LogP) is 3.76. The number of likely N-dealkylation sites (N-methyl/N-ethyl adjacent to an activating group) is 1. The molecule has 1 saturated heterocycles. The Bertz CT molecular complexity index is 899. The second kappa shape index (κ2) is 9.05. The molecule has 2 aromatic rings. The molecule has 0 aliphatic carbocycles. The van der Waals surface area contributed by atoms with Gasteiger partial charge in [-0.3, -0.25) is 9.59 Å². The van der Waals surface area contributed by atoms with E-state index in [1.54, 1.807) is 17.0 Å². The molecule has 0 saturated carbocycles. The minimum atomic E-state index is -0.628. The van der Waals surface area contributed by atoms with Crippen LogP contribution in [0, 0.1) is 6.92 Å². The fourth-order valence-electron chi connectivity index (χ4n) is 3.75. The van der Waals surface area contributed by atoms with Crippen molar-refractivity contribution in [2.45, 2.75) is 26.8 Å². The first-order chi connectivity index (χ1) is 14.0. The minimum Gasteiger partial charge on any atom is -0.507 e. The van der Waals surface area contributed by atoms with Gasteiger partial charge in [0.15, 0.2) is 0 Å². The highest BCUT2D eigenvalue weighted by Crippen LogP contribution is 2.39. The predicted molar refractivity (Wildman–Crippen MR) is 114 cm³/mol. The maximum atomic E-state index is 12.9. The highest BCUT2D eigenvalue weighted by atomic mass is 16.3. The number of hydrogen-bond donors (Lipinski definition) is 1. The van der Waals surface area contributed by atoms with Crippen molar-refractivity contribution < 1.29 is 14.7 Å². The maximum Gasteiger partial charge on any atom is 0.295 e. The number of aliphatic hydroxyl groups excluding tert-OH is 1. The molecule has 1 aliphatic rings. The lowest BCUT2D eigenvalue weighted by Crippen LogP contribution is -2.38. The summed E-state index contributed by atoms with van der Waals surface area (Å²) < 4.78 is 0. The number of Topliss-reactive ketones (excluding diaryl/α,β-unsaturated/α-hetero) is 1. The fraction of sp³-hybridized carbons (Fsp3) is 0.333. The summed E-state index contributed by atoms with van der Waals surface area (Å²) in [6.45, 7) is 8.96. The summed E-state index contributed by atoms with van der Waals surface area (Å²) in [5, 5.41) is 11.0. The third-order valence-electron chi connectivity index (χ3n) is 5.53. The molecule has 5 heteroatoms. The van der Waals surface area contributed by atoms with Crippen molar-refractivity contribution in [1.29, 1.82) is 0 Å². The summed E-state index contributed by atoms with van der Waals surface area (Å²) in [5.41, 5.74) is 2.57. The van der Waals surface area contributed by atoms with Crippen molar-refractivity contribution in [3.8, 4) is 0 Å². The first-order valence-electron chi connectivity index (χ1n) is 10.1. The van der Waals surface area contributed by atoms with Crippen LogP contribution in [0.25, 0.3) is 5.76 Å². The van der Waals surface area contributed by atoms with Crippen molar-refractivity contribution in [3.05, 3.63) is 76.9 Å². The molecule has 1 fully saturated rings. The number of nitrogens with zero attached hydrogens (tertiary/aromatic N) is 2. The van der Waals surface area contributed by atoms with Gasteiger partial charge >= 0.3 is 0 Å². The smallest absolute Gasteiger partial charge is 0.295 e. The van der Waals surface area contributed by atoms with Crippen molar-refractivity contribution in [2.75, 3.05) is 26.2 Å². The van der Waals surface area contributed by atoms with Gasteiger partial charge in [0.05, 0.1) is 11.6 Å². The van der Waals surface area contributed by atoms with Gasteiger partial charge < -0.3 is 14.9 Å². The van der Waals surface area contributed by atoms with Crippen molar-refractivity contribution in [2.24, 2.45) is 0 Å². The molecule has 2 aromatic carbocycles. The number of likely N-dealkylation sites (tertiary alicyclic amines) is 1. The van der Waals surface area contributed by atoms with Crippen LogP contribution in [0.4, 0.5) is 0 Å². The lowest BCUT2D eigenvalue weighted by Gasteiger charge is -2.28. The first kappa shape index (κ1) is 20.8. The van der Waals surface area contributed by atoms with Gasteiger partial charge in [-0.1, -0.05) is 74.0 Å². The molecular formula is C24H28N2O3. The second-order valence-corrected chi connectivity index (χ2v) is 7.30. The lowest BCUT2D eigenvalue weighted by molar-refractivity contribution is -0.140. The average molecular weight is 392 g/mol. The van der Waals surface area contributed by atoms with E-state index in [1.165, 1.54) is 0 Å². The molecule has 3 rings (SSSR count). The number of benzene rings is 2. The van der Waals surface area contributed by atoms with Crippen LogP contribution in [0.3, 0.4) is 0 Å². The number of aryl methyl sites for hydroxylation is 1.